The molecule has 3 aromatic rings. The molecule has 130 valence electrons. The second-order valence-corrected chi connectivity index (χ2v) is 6.43. The monoisotopic (exact) mass is 369 g/mol. The molecule has 2 heterocycles. The standard InChI is InChI=1S/C14H11N9O2S/c15-8-10(13-19-22-23-20-13)9-18-11-2-4-12(5-3-11)26(24,25)21-14-16-6-1-7-17-14/h1-7,9,18H,(H,16,17,21)(H,19,20,22,23). The topological polar surface area (TPSA) is 162 Å². The molecule has 0 unspecified atom stereocenters. The van der Waals surface area contributed by atoms with Crippen molar-refractivity contribution in [3.8, 4) is 6.07 Å². The summed E-state index contributed by atoms with van der Waals surface area (Å²) in [5.74, 6) is 0.127. The molecule has 0 fully saturated rings. The number of hydrogen-bond acceptors (Lipinski definition) is 9. The number of tetrazole rings is 1. The molecule has 0 aliphatic rings. The van der Waals surface area contributed by atoms with Gasteiger partial charge in [-0.05, 0) is 35.5 Å². The van der Waals surface area contributed by atoms with E-state index in [4.69, 9.17) is 5.26 Å². The zero-order chi connectivity index (χ0) is 18.4. The van der Waals surface area contributed by atoms with Gasteiger partial charge in [-0.2, -0.15) is 10.5 Å². The van der Waals surface area contributed by atoms with Crippen molar-refractivity contribution < 1.29 is 8.42 Å². The van der Waals surface area contributed by atoms with Crippen molar-refractivity contribution in [1.29, 1.82) is 5.26 Å². The van der Waals surface area contributed by atoms with Gasteiger partial charge in [-0.1, -0.05) is 0 Å². The van der Waals surface area contributed by atoms with E-state index in [1.54, 1.807) is 18.2 Å². The van der Waals surface area contributed by atoms with Crippen LogP contribution in [0, 0.1) is 11.3 Å². The summed E-state index contributed by atoms with van der Waals surface area (Å²) in [5.41, 5.74) is 0.731. The molecule has 0 spiro atoms. The molecule has 0 bridgehead atoms. The first kappa shape index (κ1) is 17.0. The number of hydrogen-bond donors (Lipinski definition) is 3. The van der Waals surface area contributed by atoms with Gasteiger partial charge in [0.15, 0.2) is 0 Å². The number of aromatic amines is 1. The Morgan fingerprint density at radius 1 is 1.19 bits per heavy atom. The summed E-state index contributed by atoms with van der Waals surface area (Å²) in [4.78, 5) is 7.68. The molecule has 0 saturated carbocycles. The van der Waals surface area contributed by atoms with E-state index in [1.165, 1.54) is 30.7 Å². The minimum absolute atomic E-state index is 0.0172. The molecule has 0 amide bonds. The van der Waals surface area contributed by atoms with Crippen LogP contribution in [0.1, 0.15) is 5.82 Å². The third-order valence-electron chi connectivity index (χ3n) is 3.05. The largest absolute Gasteiger partial charge is 0.360 e. The van der Waals surface area contributed by atoms with E-state index in [2.05, 4.69) is 40.6 Å². The van der Waals surface area contributed by atoms with E-state index in [0.29, 0.717) is 5.69 Å². The lowest BCUT2D eigenvalue weighted by Crippen LogP contribution is -2.14. The number of benzene rings is 1. The predicted octanol–water partition coefficient (Wildman–Crippen LogP) is 0.767. The number of aromatic nitrogens is 6. The molecule has 11 nitrogen and oxygen atoms in total. The number of H-pyrrole nitrogens is 1. The van der Waals surface area contributed by atoms with E-state index < -0.39 is 10.0 Å². The molecule has 0 aliphatic heterocycles. The minimum atomic E-state index is -3.80. The van der Waals surface area contributed by atoms with Gasteiger partial charge in [0.05, 0.1) is 4.90 Å². The Morgan fingerprint density at radius 3 is 2.54 bits per heavy atom. The van der Waals surface area contributed by atoms with Crippen LogP contribution in [-0.4, -0.2) is 39.0 Å². The first-order valence-corrected chi connectivity index (χ1v) is 8.57. The number of nitrogens with one attached hydrogen (secondary N) is 3. The normalized spacial score (nSPS) is 11.6. The summed E-state index contributed by atoms with van der Waals surface area (Å²) in [5, 5.41) is 25.0. The summed E-state index contributed by atoms with van der Waals surface area (Å²) in [6, 6.07) is 9.41. The van der Waals surface area contributed by atoms with Crippen LogP contribution in [0.5, 0.6) is 0 Å². The van der Waals surface area contributed by atoms with Crippen LogP contribution in [-0.2, 0) is 10.0 Å². The predicted molar refractivity (Wildman–Crippen MR) is 90.7 cm³/mol. The second-order valence-electron chi connectivity index (χ2n) is 4.75. The Labute approximate surface area is 147 Å². The molecule has 12 heteroatoms. The SMILES string of the molecule is N#CC(=CNc1ccc(S(=O)(=O)Nc2ncccn2)cc1)c1nn[nH]n1. The summed E-state index contributed by atoms with van der Waals surface area (Å²) < 4.78 is 26.9. The van der Waals surface area contributed by atoms with E-state index in [1.807, 2.05) is 6.07 Å². The van der Waals surface area contributed by atoms with Crippen LogP contribution in [0.25, 0.3) is 5.57 Å². The van der Waals surface area contributed by atoms with Gasteiger partial charge in [-0.3, -0.25) is 0 Å². The summed E-state index contributed by atoms with van der Waals surface area (Å²) in [6.07, 6.45) is 4.26. The summed E-state index contributed by atoms with van der Waals surface area (Å²) in [6.45, 7) is 0. The van der Waals surface area contributed by atoms with Crippen molar-refractivity contribution in [2.75, 3.05) is 10.0 Å². The van der Waals surface area contributed by atoms with E-state index in [9.17, 15) is 8.42 Å². The molecular formula is C14H11N9O2S. The van der Waals surface area contributed by atoms with Crippen molar-refractivity contribution in [1.82, 2.24) is 30.6 Å². The molecule has 0 radical (unpaired) electrons. The third kappa shape index (κ3) is 3.97. The molecule has 3 N–H and O–H groups in total. The van der Waals surface area contributed by atoms with Gasteiger partial charge in [0.1, 0.15) is 11.6 Å². The number of nitrogens with zero attached hydrogens (tertiary/aromatic N) is 6. The van der Waals surface area contributed by atoms with Crippen molar-refractivity contribution in [3.05, 3.63) is 54.7 Å². The third-order valence-corrected chi connectivity index (χ3v) is 4.39. The van der Waals surface area contributed by atoms with Crippen LogP contribution in [0.2, 0.25) is 0 Å². The van der Waals surface area contributed by atoms with E-state index in [0.717, 1.165) is 0 Å². The van der Waals surface area contributed by atoms with Crippen molar-refractivity contribution in [2.45, 2.75) is 4.90 Å². The highest BCUT2D eigenvalue weighted by molar-refractivity contribution is 7.92. The highest BCUT2D eigenvalue weighted by atomic mass is 32.2. The van der Waals surface area contributed by atoms with Gasteiger partial charge >= 0.3 is 0 Å². The van der Waals surface area contributed by atoms with Gasteiger partial charge in [-0.15, -0.1) is 10.2 Å². The lowest BCUT2D eigenvalue weighted by molar-refractivity contribution is 0.601. The molecule has 0 saturated heterocycles. The Bertz CT molecular complexity index is 1040. The Kier molecular flexibility index (Phi) is 4.81. The van der Waals surface area contributed by atoms with Crippen LogP contribution < -0.4 is 10.0 Å². The molecule has 2 aromatic heterocycles. The smallest absolute Gasteiger partial charge is 0.264 e. The fourth-order valence-electron chi connectivity index (χ4n) is 1.84. The van der Waals surface area contributed by atoms with Crippen molar-refractivity contribution in [3.63, 3.8) is 0 Å². The number of anilines is 2. The summed E-state index contributed by atoms with van der Waals surface area (Å²) >= 11 is 0. The summed E-state index contributed by atoms with van der Waals surface area (Å²) in [7, 11) is -3.80. The molecule has 26 heavy (non-hydrogen) atoms. The molecular weight excluding hydrogens is 358 g/mol. The van der Waals surface area contributed by atoms with E-state index >= 15 is 0 Å². The second kappa shape index (κ2) is 7.36. The van der Waals surface area contributed by atoms with Gasteiger partial charge in [0.25, 0.3) is 10.0 Å². The lowest BCUT2D eigenvalue weighted by Gasteiger charge is -2.07. The fourth-order valence-corrected chi connectivity index (χ4v) is 2.80. The maximum Gasteiger partial charge on any atom is 0.264 e. The number of rotatable bonds is 6. The molecule has 1 aromatic carbocycles. The Morgan fingerprint density at radius 2 is 1.92 bits per heavy atom. The first-order chi connectivity index (χ1) is 12.6. The maximum absolute atomic E-state index is 12.3. The van der Waals surface area contributed by atoms with Crippen LogP contribution >= 0.6 is 0 Å². The quantitative estimate of drug-likeness (QED) is 0.532. The highest BCUT2D eigenvalue weighted by Gasteiger charge is 2.15. The number of sulfonamides is 1. The average Bonchev–Trinajstić information content (AvgIpc) is 3.18. The zero-order valence-corrected chi connectivity index (χ0v) is 13.8. The van der Waals surface area contributed by atoms with Crippen molar-refractivity contribution in [2.24, 2.45) is 0 Å². The first-order valence-electron chi connectivity index (χ1n) is 7.09. The van der Waals surface area contributed by atoms with Gasteiger partial charge in [0.2, 0.25) is 11.8 Å². The van der Waals surface area contributed by atoms with Gasteiger partial charge in [-0.25, -0.2) is 23.1 Å². The Balaban J connectivity index is 1.73. The lowest BCUT2D eigenvalue weighted by atomic mass is 10.3. The van der Waals surface area contributed by atoms with Crippen molar-refractivity contribution >= 4 is 27.2 Å². The van der Waals surface area contributed by atoms with Gasteiger partial charge < -0.3 is 5.32 Å². The average molecular weight is 369 g/mol. The number of allylic oxidation sites excluding steroid dienone is 1. The van der Waals surface area contributed by atoms with Gasteiger partial charge in [0, 0.05) is 24.3 Å². The minimum Gasteiger partial charge on any atom is -0.360 e. The fraction of sp³-hybridized carbons (Fsp3) is 0. The maximum atomic E-state index is 12.3. The molecule has 0 atom stereocenters. The zero-order valence-electron chi connectivity index (χ0n) is 13.0. The Hall–Kier alpha value is -3.85. The molecule has 0 aliphatic carbocycles. The van der Waals surface area contributed by atoms with Crippen LogP contribution in [0.4, 0.5) is 11.6 Å². The van der Waals surface area contributed by atoms with Crippen LogP contribution in [0.15, 0.2) is 53.8 Å². The number of nitriles is 1. The highest BCUT2D eigenvalue weighted by Crippen LogP contribution is 2.17. The van der Waals surface area contributed by atoms with Crippen LogP contribution in [0.3, 0.4) is 0 Å². The van der Waals surface area contributed by atoms with E-state index in [-0.39, 0.29) is 22.2 Å². The molecule has 3 rings (SSSR count).